The minimum Gasteiger partial charge on any atom is -0.337 e. The number of imidazole rings is 1. The van der Waals surface area contributed by atoms with Crippen LogP contribution in [0.3, 0.4) is 0 Å². The lowest BCUT2D eigenvalue weighted by molar-refractivity contribution is 1.08. The molecule has 4 aromatic rings. The summed E-state index contributed by atoms with van der Waals surface area (Å²) in [6.07, 6.45) is 3.13. The van der Waals surface area contributed by atoms with Crippen LogP contribution in [0.15, 0.2) is 42.9 Å². The Balaban J connectivity index is 1.73. The Morgan fingerprint density at radius 3 is 2.91 bits per heavy atom. The molecule has 1 aromatic carbocycles. The van der Waals surface area contributed by atoms with Gasteiger partial charge in [0.2, 0.25) is 0 Å². The van der Waals surface area contributed by atoms with Crippen molar-refractivity contribution in [2.75, 3.05) is 5.32 Å². The normalized spacial score (nSPS) is 11.0. The lowest BCUT2D eigenvalue weighted by Gasteiger charge is -2.03. The second-order valence-corrected chi connectivity index (χ2v) is 4.99. The molecule has 0 bridgehead atoms. The van der Waals surface area contributed by atoms with E-state index in [1.165, 1.54) is 6.33 Å². The third-order valence-electron chi connectivity index (χ3n) is 3.15. The van der Waals surface area contributed by atoms with E-state index >= 15 is 0 Å². The van der Waals surface area contributed by atoms with Crippen LogP contribution in [0.25, 0.3) is 22.6 Å². The van der Waals surface area contributed by atoms with E-state index in [4.69, 9.17) is 11.6 Å². The van der Waals surface area contributed by atoms with Crippen molar-refractivity contribution in [2.45, 2.75) is 0 Å². The van der Waals surface area contributed by atoms with Crippen molar-refractivity contribution >= 4 is 34.1 Å². The van der Waals surface area contributed by atoms with Crippen LogP contribution in [0.5, 0.6) is 0 Å². The zero-order valence-corrected chi connectivity index (χ0v) is 12.0. The fourth-order valence-electron chi connectivity index (χ4n) is 2.17. The standard InChI is InChI=1S/C14H10ClN7/c15-11-5-12(17-7-16-11)19-10-6-18-22-13(10)14-20-8-3-1-2-4-9(8)21-14/h1-7H,(H,18,22)(H,20,21)(H,16,17,19). The van der Waals surface area contributed by atoms with E-state index in [1.807, 2.05) is 24.3 Å². The number of hydrogen-bond acceptors (Lipinski definition) is 5. The Hall–Kier alpha value is -2.93. The highest BCUT2D eigenvalue weighted by Crippen LogP contribution is 2.27. The van der Waals surface area contributed by atoms with Gasteiger partial charge in [0.25, 0.3) is 0 Å². The number of fused-ring (bicyclic) bond motifs is 1. The second-order valence-electron chi connectivity index (χ2n) is 4.60. The summed E-state index contributed by atoms with van der Waals surface area (Å²) in [6, 6.07) is 9.45. The van der Waals surface area contributed by atoms with Crippen LogP contribution in [-0.4, -0.2) is 30.1 Å². The fourth-order valence-corrected chi connectivity index (χ4v) is 2.32. The molecule has 8 heteroatoms. The molecule has 3 aromatic heterocycles. The first kappa shape index (κ1) is 12.8. The molecular weight excluding hydrogens is 302 g/mol. The molecular formula is C14H10ClN7. The number of para-hydroxylation sites is 2. The number of nitrogens with zero attached hydrogens (tertiary/aromatic N) is 4. The van der Waals surface area contributed by atoms with Crippen molar-refractivity contribution in [1.29, 1.82) is 0 Å². The van der Waals surface area contributed by atoms with E-state index in [0.29, 0.717) is 22.5 Å². The third-order valence-corrected chi connectivity index (χ3v) is 3.36. The quantitative estimate of drug-likeness (QED) is 0.505. The van der Waals surface area contributed by atoms with Gasteiger partial charge in [0.15, 0.2) is 11.5 Å². The minimum atomic E-state index is 0.367. The van der Waals surface area contributed by atoms with Crippen molar-refractivity contribution in [3.63, 3.8) is 0 Å². The molecule has 0 radical (unpaired) electrons. The van der Waals surface area contributed by atoms with Gasteiger partial charge < -0.3 is 10.3 Å². The Kier molecular flexibility index (Phi) is 2.97. The van der Waals surface area contributed by atoms with Gasteiger partial charge in [0.1, 0.15) is 17.3 Å². The Bertz CT molecular complexity index is 910. The van der Waals surface area contributed by atoms with Gasteiger partial charge in [-0.25, -0.2) is 15.0 Å². The van der Waals surface area contributed by atoms with Crippen molar-refractivity contribution in [3.05, 3.63) is 48.0 Å². The van der Waals surface area contributed by atoms with Gasteiger partial charge >= 0.3 is 0 Å². The maximum Gasteiger partial charge on any atom is 0.161 e. The first-order chi connectivity index (χ1) is 10.8. The summed E-state index contributed by atoms with van der Waals surface area (Å²) >= 11 is 5.86. The molecule has 0 aliphatic heterocycles. The van der Waals surface area contributed by atoms with Gasteiger partial charge in [-0.1, -0.05) is 23.7 Å². The average molecular weight is 312 g/mol. The number of aromatic amines is 2. The minimum absolute atomic E-state index is 0.367. The van der Waals surface area contributed by atoms with Crippen LogP contribution in [0, 0.1) is 0 Å². The highest BCUT2D eigenvalue weighted by atomic mass is 35.5. The number of rotatable bonds is 3. The van der Waals surface area contributed by atoms with Gasteiger partial charge in [-0.05, 0) is 12.1 Å². The highest BCUT2D eigenvalue weighted by Gasteiger charge is 2.13. The molecule has 4 rings (SSSR count). The zero-order valence-electron chi connectivity index (χ0n) is 11.2. The number of halogens is 1. The van der Waals surface area contributed by atoms with Gasteiger partial charge in [0.05, 0.1) is 16.7 Å². The molecule has 108 valence electrons. The Morgan fingerprint density at radius 2 is 2.05 bits per heavy atom. The van der Waals surface area contributed by atoms with Gasteiger partial charge in [-0.15, -0.1) is 0 Å². The van der Waals surface area contributed by atoms with E-state index in [1.54, 1.807) is 12.3 Å². The number of H-pyrrole nitrogens is 2. The molecule has 0 amide bonds. The molecule has 0 aliphatic rings. The van der Waals surface area contributed by atoms with Crippen LogP contribution in [0.2, 0.25) is 5.15 Å². The summed E-state index contributed by atoms with van der Waals surface area (Å²) in [5.74, 6) is 1.25. The number of nitrogens with one attached hydrogen (secondary N) is 3. The van der Waals surface area contributed by atoms with Gasteiger partial charge in [0, 0.05) is 12.3 Å². The van der Waals surface area contributed by atoms with E-state index < -0.39 is 0 Å². The van der Waals surface area contributed by atoms with Crippen LogP contribution < -0.4 is 5.32 Å². The van der Waals surface area contributed by atoms with Crippen LogP contribution in [0.1, 0.15) is 0 Å². The molecule has 0 atom stereocenters. The lowest BCUT2D eigenvalue weighted by Crippen LogP contribution is -1.95. The summed E-state index contributed by atoms with van der Waals surface area (Å²) in [5.41, 5.74) is 3.26. The third kappa shape index (κ3) is 2.27. The summed E-state index contributed by atoms with van der Waals surface area (Å²) in [7, 11) is 0. The van der Waals surface area contributed by atoms with E-state index in [-0.39, 0.29) is 0 Å². The molecule has 0 saturated carbocycles. The maximum atomic E-state index is 5.86. The van der Waals surface area contributed by atoms with Crippen LogP contribution >= 0.6 is 11.6 Å². The van der Waals surface area contributed by atoms with Crippen LogP contribution in [0.4, 0.5) is 11.5 Å². The smallest absolute Gasteiger partial charge is 0.161 e. The number of aromatic nitrogens is 6. The molecule has 0 unspecified atom stereocenters. The number of anilines is 2. The molecule has 3 N–H and O–H groups in total. The summed E-state index contributed by atoms with van der Waals surface area (Å²) in [5, 5.41) is 10.6. The summed E-state index contributed by atoms with van der Waals surface area (Å²) in [4.78, 5) is 15.7. The van der Waals surface area contributed by atoms with E-state index in [0.717, 1.165) is 16.7 Å². The maximum absolute atomic E-state index is 5.86. The zero-order chi connectivity index (χ0) is 14.9. The fraction of sp³-hybridized carbons (Fsp3) is 0. The molecule has 7 nitrogen and oxygen atoms in total. The Morgan fingerprint density at radius 1 is 1.14 bits per heavy atom. The molecule has 22 heavy (non-hydrogen) atoms. The predicted octanol–water partition coefficient (Wildman–Crippen LogP) is 3.14. The summed E-state index contributed by atoms with van der Waals surface area (Å²) in [6.45, 7) is 0. The largest absolute Gasteiger partial charge is 0.337 e. The molecule has 0 saturated heterocycles. The van der Waals surface area contributed by atoms with Crippen molar-refractivity contribution < 1.29 is 0 Å². The SMILES string of the molecule is Clc1cc(Nc2c[nH]nc2-c2nc3ccccc3[nH]2)ncn1. The number of benzene rings is 1. The first-order valence-corrected chi connectivity index (χ1v) is 6.91. The van der Waals surface area contributed by atoms with Crippen molar-refractivity contribution in [1.82, 2.24) is 30.1 Å². The second kappa shape index (κ2) is 5.12. The average Bonchev–Trinajstić information content (AvgIpc) is 3.13. The molecule has 3 heterocycles. The van der Waals surface area contributed by atoms with E-state index in [9.17, 15) is 0 Å². The Labute approximate surface area is 129 Å². The lowest BCUT2D eigenvalue weighted by atomic mass is 10.3. The van der Waals surface area contributed by atoms with Crippen molar-refractivity contribution in [2.24, 2.45) is 0 Å². The van der Waals surface area contributed by atoms with Gasteiger partial charge in [-0.3, -0.25) is 5.10 Å². The predicted molar refractivity (Wildman–Crippen MR) is 84.0 cm³/mol. The van der Waals surface area contributed by atoms with Crippen LogP contribution in [-0.2, 0) is 0 Å². The highest BCUT2D eigenvalue weighted by molar-refractivity contribution is 6.29. The molecule has 0 spiro atoms. The monoisotopic (exact) mass is 311 g/mol. The van der Waals surface area contributed by atoms with Gasteiger partial charge in [-0.2, -0.15) is 5.10 Å². The molecule has 0 aliphatic carbocycles. The van der Waals surface area contributed by atoms with Crippen molar-refractivity contribution in [3.8, 4) is 11.5 Å². The molecule has 0 fully saturated rings. The summed E-state index contributed by atoms with van der Waals surface area (Å²) < 4.78 is 0. The first-order valence-electron chi connectivity index (χ1n) is 6.53. The topological polar surface area (TPSA) is 95.2 Å². The van der Waals surface area contributed by atoms with E-state index in [2.05, 4.69) is 35.5 Å². The number of hydrogen-bond donors (Lipinski definition) is 3.